The average Bonchev–Trinajstić information content (AvgIpc) is 3.04. The summed E-state index contributed by atoms with van der Waals surface area (Å²) in [7, 11) is 0. The third-order valence-electron chi connectivity index (χ3n) is 16.3. The Morgan fingerprint density at radius 3 is 1.40 bits per heavy atom. The Bertz CT molecular complexity index is 1290. The van der Waals surface area contributed by atoms with Crippen molar-refractivity contribution < 1.29 is 46.8 Å². The van der Waals surface area contributed by atoms with Gasteiger partial charge in [-0.15, -0.1) is 0 Å². The van der Waals surface area contributed by atoms with Gasteiger partial charge in [-0.25, -0.2) is 4.79 Å². The summed E-state index contributed by atoms with van der Waals surface area (Å²) in [5, 5.41) is 0. The number of carbonyl (C=O) groups is 3. The summed E-state index contributed by atoms with van der Waals surface area (Å²) < 4.78 is 59.8. The van der Waals surface area contributed by atoms with E-state index in [2.05, 4.69) is 0 Å². The topological polar surface area (TPSA) is 97.4 Å². The van der Waals surface area contributed by atoms with E-state index < -0.39 is 39.5 Å². The highest BCUT2D eigenvalue weighted by Crippen LogP contribution is 2.65. The van der Waals surface area contributed by atoms with Crippen molar-refractivity contribution in [1.29, 1.82) is 0 Å². The van der Waals surface area contributed by atoms with Gasteiger partial charge >= 0.3 is 23.8 Å². The molecule has 1 saturated heterocycles. The number of hydrogen-bond acceptors (Lipinski definition) is 8. The van der Waals surface area contributed by atoms with Gasteiger partial charge in [0.2, 0.25) is 0 Å². The fraction of sp³-hybridized carbons (Fsp3) is 0.925. The highest BCUT2D eigenvalue weighted by molar-refractivity contribution is 5.79. The minimum absolute atomic E-state index is 0.00539. The molecule has 0 aromatic carbocycles. The van der Waals surface area contributed by atoms with E-state index in [-0.39, 0.29) is 56.1 Å². The zero-order valence-corrected chi connectivity index (χ0v) is 29.6. The number of rotatable bonds is 8. The normalized spacial score (nSPS) is 52.0. The highest BCUT2D eigenvalue weighted by atomic mass is 19.3. The van der Waals surface area contributed by atoms with Crippen LogP contribution in [0.5, 0.6) is 0 Å². The van der Waals surface area contributed by atoms with Crippen molar-refractivity contribution in [1.82, 2.24) is 0 Å². The molecule has 12 aliphatic carbocycles. The average molecular weight is 701 g/mol. The third-order valence-corrected chi connectivity index (χ3v) is 16.3. The van der Waals surface area contributed by atoms with Crippen LogP contribution in [-0.4, -0.2) is 67.1 Å². The van der Waals surface area contributed by atoms with Gasteiger partial charge in [0, 0.05) is 6.92 Å². The summed E-state index contributed by atoms with van der Waals surface area (Å²) in [5.41, 5.74) is -3.48. The van der Waals surface area contributed by atoms with E-state index in [4.69, 9.17) is 23.7 Å². The molecule has 10 heteroatoms. The van der Waals surface area contributed by atoms with Gasteiger partial charge in [0.05, 0.1) is 29.6 Å². The molecule has 12 saturated carbocycles. The van der Waals surface area contributed by atoms with E-state index in [0.29, 0.717) is 61.7 Å². The molecule has 2 atom stereocenters. The molecule has 13 aliphatic rings. The lowest BCUT2D eigenvalue weighted by atomic mass is 9.48. The Morgan fingerprint density at radius 1 is 0.600 bits per heavy atom. The van der Waals surface area contributed by atoms with Crippen molar-refractivity contribution in [3.63, 3.8) is 0 Å². The minimum atomic E-state index is -3.54. The van der Waals surface area contributed by atoms with E-state index in [0.717, 1.165) is 51.4 Å². The maximum Gasteiger partial charge on any atom is 0.377 e. The predicted octanol–water partition coefficient (Wildman–Crippen LogP) is 6.81. The van der Waals surface area contributed by atoms with Gasteiger partial charge in [-0.3, -0.25) is 9.59 Å². The number of hydrogen-bond donors (Lipinski definition) is 0. The van der Waals surface area contributed by atoms with E-state index in [9.17, 15) is 23.2 Å². The number of esters is 3. The second-order valence-corrected chi connectivity index (χ2v) is 20.1. The molecule has 276 valence electrons. The van der Waals surface area contributed by atoms with Crippen molar-refractivity contribution in [3.8, 4) is 0 Å². The van der Waals surface area contributed by atoms with Gasteiger partial charge in [-0.05, 0) is 162 Å². The SMILES string of the molecule is CC(F)(F)C(=O)OC12CC3CC(C1)C1(COC(COC(=O)C45CC6CC(CC(C6)C4)C5)(COC(=O)C45CC6CC(CC(C6)C4)C5)CO1)C(C3)C2. The first-order valence-corrected chi connectivity index (χ1v) is 20.0. The molecular formula is C40H54F2O8. The van der Waals surface area contributed by atoms with E-state index in [1.54, 1.807) is 0 Å². The van der Waals surface area contributed by atoms with E-state index in [1.807, 2.05) is 0 Å². The molecule has 0 radical (unpaired) electrons. The van der Waals surface area contributed by atoms with Gasteiger partial charge in [-0.1, -0.05) is 0 Å². The van der Waals surface area contributed by atoms with E-state index in [1.165, 1.54) is 38.5 Å². The van der Waals surface area contributed by atoms with Crippen LogP contribution in [0.15, 0.2) is 0 Å². The van der Waals surface area contributed by atoms with Crippen LogP contribution in [0.4, 0.5) is 8.78 Å². The molecule has 13 rings (SSSR count). The van der Waals surface area contributed by atoms with Crippen LogP contribution in [0, 0.1) is 64.1 Å². The standard InChI is InChI=1S/C40H54F2O8/c1-35(41,42)32(43)50-38-16-29-8-30(17-38)40(31(9-29)18-38)22-48-39(21-49-40,19-46-33(44)36-10-23-2-24(11-36)4-25(3-23)12-36)20-47-34(45)37-13-26-5-27(14-37)7-28(6-26)15-37/h23-31H,2-22H2,1H3. The fourth-order valence-electron chi connectivity index (χ4n) is 15.1. The van der Waals surface area contributed by atoms with Crippen molar-refractivity contribution >= 4 is 17.9 Å². The smallest absolute Gasteiger partial charge is 0.377 e. The number of halogens is 2. The highest BCUT2D eigenvalue weighted by Gasteiger charge is 2.67. The van der Waals surface area contributed by atoms with Crippen LogP contribution in [0.1, 0.15) is 116 Å². The Kier molecular flexibility index (Phi) is 7.14. The molecule has 50 heavy (non-hydrogen) atoms. The molecule has 13 fully saturated rings. The minimum Gasteiger partial charge on any atom is -0.462 e. The summed E-state index contributed by atoms with van der Waals surface area (Å²) in [5.74, 6) is -1.29. The lowest BCUT2D eigenvalue weighted by Gasteiger charge is -2.65. The monoisotopic (exact) mass is 700 g/mol. The predicted molar refractivity (Wildman–Crippen MR) is 173 cm³/mol. The van der Waals surface area contributed by atoms with Crippen LogP contribution >= 0.6 is 0 Å². The van der Waals surface area contributed by atoms with Crippen LogP contribution < -0.4 is 0 Å². The summed E-state index contributed by atoms with van der Waals surface area (Å²) >= 11 is 0. The number of carbonyl (C=O) groups excluding carboxylic acids is 3. The van der Waals surface area contributed by atoms with Crippen LogP contribution in [0.2, 0.25) is 0 Å². The lowest BCUT2D eigenvalue weighted by molar-refractivity contribution is -0.330. The van der Waals surface area contributed by atoms with Crippen molar-refractivity contribution in [3.05, 3.63) is 0 Å². The molecule has 0 aromatic heterocycles. The lowest BCUT2D eigenvalue weighted by Crippen LogP contribution is -2.71. The zero-order chi connectivity index (χ0) is 34.3. The number of ether oxygens (including phenoxy) is 5. The van der Waals surface area contributed by atoms with Crippen molar-refractivity contribution in [2.75, 3.05) is 26.4 Å². The van der Waals surface area contributed by atoms with Crippen LogP contribution in [-0.2, 0) is 38.1 Å². The van der Waals surface area contributed by atoms with E-state index >= 15 is 0 Å². The Hall–Kier alpha value is -1.81. The van der Waals surface area contributed by atoms with Gasteiger partial charge < -0.3 is 23.7 Å². The van der Waals surface area contributed by atoms with Gasteiger partial charge in [0.25, 0.3) is 0 Å². The van der Waals surface area contributed by atoms with Crippen molar-refractivity contribution in [2.24, 2.45) is 64.1 Å². The molecule has 0 N–H and O–H groups in total. The molecule has 8 nitrogen and oxygen atoms in total. The zero-order valence-electron chi connectivity index (χ0n) is 29.6. The first-order chi connectivity index (χ1) is 23.8. The summed E-state index contributed by atoms with van der Waals surface area (Å²) in [6, 6.07) is 0. The molecule has 12 bridgehead atoms. The summed E-state index contributed by atoms with van der Waals surface area (Å²) in [4.78, 5) is 40.4. The van der Waals surface area contributed by atoms with Gasteiger partial charge in [0.1, 0.15) is 18.8 Å². The first-order valence-electron chi connectivity index (χ1n) is 20.0. The summed E-state index contributed by atoms with van der Waals surface area (Å²) in [6.45, 7) is 0.909. The second kappa shape index (κ2) is 10.9. The number of alkyl halides is 2. The fourth-order valence-corrected chi connectivity index (χ4v) is 15.1. The van der Waals surface area contributed by atoms with Crippen molar-refractivity contribution in [2.45, 2.75) is 139 Å². The maximum atomic E-state index is 14.0. The molecule has 1 aliphatic heterocycles. The Balaban J connectivity index is 0.868. The third kappa shape index (κ3) is 5.09. The Labute approximate surface area is 293 Å². The molecule has 1 heterocycles. The molecule has 0 amide bonds. The van der Waals surface area contributed by atoms with Gasteiger partial charge in [0.15, 0.2) is 5.60 Å². The van der Waals surface area contributed by atoms with Crippen LogP contribution in [0.3, 0.4) is 0 Å². The molecule has 0 aromatic rings. The quantitative estimate of drug-likeness (QED) is 0.201. The molecular weight excluding hydrogens is 646 g/mol. The Morgan fingerprint density at radius 2 is 1.02 bits per heavy atom. The largest absolute Gasteiger partial charge is 0.462 e. The molecule has 2 unspecified atom stereocenters. The van der Waals surface area contributed by atoms with Gasteiger partial charge in [-0.2, -0.15) is 8.78 Å². The first kappa shape index (κ1) is 32.8. The summed E-state index contributed by atoms with van der Waals surface area (Å²) in [6.07, 6.45) is 16.2. The second-order valence-electron chi connectivity index (χ2n) is 20.1. The van der Waals surface area contributed by atoms with Crippen LogP contribution in [0.25, 0.3) is 0 Å². The molecule has 1 spiro atoms. The maximum absolute atomic E-state index is 14.0.